The highest BCUT2D eigenvalue weighted by molar-refractivity contribution is 6.31. The highest BCUT2D eigenvalue weighted by Gasteiger charge is 2.48. The summed E-state index contributed by atoms with van der Waals surface area (Å²) in [7, 11) is 0. The minimum atomic E-state index is -2.89. The zero-order valence-corrected chi connectivity index (χ0v) is 21.5. The molecule has 1 aliphatic carbocycles. The predicted molar refractivity (Wildman–Crippen MR) is 140 cm³/mol. The van der Waals surface area contributed by atoms with Gasteiger partial charge in [-0.1, -0.05) is 35.9 Å². The lowest BCUT2D eigenvalue weighted by Gasteiger charge is -2.40. The molecule has 0 unspecified atom stereocenters. The van der Waals surface area contributed by atoms with Crippen molar-refractivity contribution in [2.45, 2.75) is 56.2 Å². The predicted octanol–water partition coefficient (Wildman–Crippen LogP) is 4.31. The molecule has 206 valence electrons. The third-order valence-corrected chi connectivity index (χ3v) is 6.90. The van der Waals surface area contributed by atoms with Crippen LogP contribution in [0.4, 0.5) is 18.9 Å². The molecule has 2 atom stereocenters. The quantitative estimate of drug-likeness (QED) is 0.468. The second-order valence-corrected chi connectivity index (χ2v) is 9.78. The third-order valence-electron chi connectivity index (χ3n) is 6.56. The van der Waals surface area contributed by atoms with E-state index in [1.165, 1.54) is 48.8 Å². The van der Waals surface area contributed by atoms with Gasteiger partial charge < -0.3 is 11.1 Å². The number of hydrazone groups is 1. The number of alkyl halides is 2. The molecule has 1 heterocycles. The molecule has 0 spiro atoms. The lowest BCUT2D eigenvalue weighted by atomic mass is 9.87. The second-order valence-electron chi connectivity index (χ2n) is 9.38. The summed E-state index contributed by atoms with van der Waals surface area (Å²) in [6, 6.07) is 7.90. The molecule has 1 aliphatic heterocycles. The van der Waals surface area contributed by atoms with Gasteiger partial charge in [-0.3, -0.25) is 19.3 Å². The molecule has 2 aliphatic rings. The lowest BCUT2D eigenvalue weighted by molar-refractivity contribution is -0.143. The number of hydrogen-bond donors (Lipinski definition) is 2. The van der Waals surface area contributed by atoms with Gasteiger partial charge >= 0.3 is 0 Å². The number of carbonyl (C=O) groups is 3. The normalized spacial score (nSPS) is 20.2. The van der Waals surface area contributed by atoms with Crippen molar-refractivity contribution in [3.63, 3.8) is 0 Å². The Morgan fingerprint density at radius 2 is 1.95 bits per heavy atom. The van der Waals surface area contributed by atoms with Crippen LogP contribution in [0.25, 0.3) is 0 Å². The average Bonchev–Trinajstić information content (AvgIpc) is 2.87. The molecule has 0 bridgehead atoms. The molecule has 4 rings (SSSR count). The van der Waals surface area contributed by atoms with Gasteiger partial charge in [0.15, 0.2) is 0 Å². The highest BCUT2D eigenvalue weighted by atomic mass is 35.5. The van der Waals surface area contributed by atoms with Crippen molar-refractivity contribution in [2.75, 3.05) is 4.90 Å². The van der Waals surface area contributed by atoms with Gasteiger partial charge in [0, 0.05) is 47.8 Å². The maximum atomic E-state index is 14.4. The van der Waals surface area contributed by atoms with Crippen molar-refractivity contribution in [2.24, 2.45) is 10.8 Å². The number of nitrogens with one attached hydrogen (secondary N) is 1. The van der Waals surface area contributed by atoms with Crippen LogP contribution in [0.5, 0.6) is 0 Å². The molecule has 0 aromatic heterocycles. The number of hydrogen-bond acceptors (Lipinski definition) is 5. The number of nitrogens with two attached hydrogens (primary N) is 1. The number of carbonyl (C=O) groups excluding carboxylic acids is 3. The number of benzene rings is 2. The number of nitrogens with zero attached hydrogens (tertiary/aromatic N) is 3. The van der Waals surface area contributed by atoms with Crippen LogP contribution in [0.15, 0.2) is 65.9 Å². The topological polar surface area (TPSA) is 108 Å². The molecule has 3 amide bonds. The Kier molecular flexibility index (Phi) is 8.59. The number of allylic oxidation sites excluding steroid dienone is 1. The molecule has 12 heteroatoms. The number of rotatable bonds is 8. The molecule has 8 nitrogen and oxygen atoms in total. The summed E-state index contributed by atoms with van der Waals surface area (Å²) in [6.45, 7) is 0. The van der Waals surface area contributed by atoms with E-state index in [4.69, 9.17) is 17.3 Å². The van der Waals surface area contributed by atoms with Gasteiger partial charge in [-0.25, -0.2) is 18.2 Å². The van der Waals surface area contributed by atoms with Crippen molar-refractivity contribution >= 4 is 41.2 Å². The van der Waals surface area contributed by atoms with Crippen LogP contribution in [-0.4, -0.2) is 47.0 Å². The van der Waals surface area contributed by atoms with Crippen LogP contribution in [0, 0.1) is 5.82 Å². The minimum absolute atomic E-state index is 0.0165. The first-order valence-electron chi connectivity index (χ1n) is 12.4. The first-order valence-corrected chi connectivity index (χ1v) is 12.7. The Hall–Kier alpha value is -3.86. The van der Waals surface area contributed by atoms with E-state index >= 15 is 0 Å². The number of amides is 3. The van der Waals surface area contributed by atoms with E-state index in [1.54, 1.807) is 12.1 Å². The number of anilines is 1. The Morgan fingerprint density at radius 1 is 1.21 bits per heavy atom. The van der Waals surface area contributed by atoms with Crippen LogP contribution in [0.2, 0.25) is 5.02 Å². The van der Waals surface area contributed by atoms with Crippen molar-refractivity contribution in [3.05, 3.63) is 77.2 Å². The van der Waals surface area contributed by atoms with Crippen LogP contribution in [-0.2, 0) is 14.4 Å². The van der Waals surface area contributed by atoms with Crippen LogP contribution < -0.4 is 16.0 Å². The summed E-state index contributed by atoms with van der Waals surface area (Å²) in [5, 5.41) is 7.83. The van der Waals surface area contributed by atoms with Crippen molar-refractivity contribution in [3.8, 4) is 0 Å². The molecular weight excluding hydrogens is 535 g/mol. The van der Waals surface area contributed by atoms with Gasteiger partial charge in [0.2, 0.25) is 11.8 Å². The average molecular weight is 562 g/mol. The fourth-order valence-electron chi connectivity index (χ4n) is 4.72. The number of piperidine rings is 1. The van der Waals surface area contributed by atoms with E-state index < -0.39 is 60.4 Å². The van der Waals surface area contributed by atoms with E-state index in [0.717, 1.165) is 16.0 Å². The maximum absolute atomic E-state index is 14.4. The third kappa shape index (κ3) is 6.42. The standard InChI is InChI=1S/C27H27ClF3N5O3/c28-21-9-2-1-8-20(21)24(25(38)34-18-15-27(30,31)16-18)35(19-7-3-6-17(29)14-19)26(39)22-10-4-11-23(37)36(22)33-13-5-12-32/h1-3,5-9,12-14,18,22,24H,4,10-11,15-16,32H2,(H,34,38)/t22-,24-/m0/s1. The monoisotopic (exact) mass is 561 g/mol. The van der Waals surface area contributed by atoms with E-state index in [0.29, 0.717) is 6.42 Å². The van der Waals surface area contributed by atoms with E-state index in [1.807, 2.05) is 0 Å². The molecule has 3 N–H and O–H groups in total. The molecule has 2 aromatic rings. The maximum Gasteiger partial charge on any atom is 0.253 e. The molecule has 2 fully saturated rings. The van der Waals surface area contributed by atoms with Crippen LogP contribution in [0.1, 0.15) is 43.7 Å². The summed E-state index contributed by atoms with van der Waals surface area (Å²) in [6.07, 6.45) is 3.49. The zero-order valence-electron chi connectivity index (χ0n) is 20.8. The minimum Gasteiger partial charge on any atom is -0.405 e. The number of halogens is 4. The molecule has 39 heavy (non-hydrogen) atoms. The summed E-state index contributed by atoms with van der Waals surface area (Å²) in [4.78, 5) is 41.8. The molecule has 0 radical (unpaired) electrons. The van der Waals surface area contributed by atoms with Gasteiger partial charge in [0.1, 0.15) is 17.9 Å². The summed E-state index contributed by atoms with van der Waals surface area (Å²) in [5.41, 5.74) is 5.56. The first kappa shape index (κ1) is 28.2. The van der Waals surface area contributed by atoms with Gasteiger partial charge in [0.25, 0.3) is 11.8 Å². The van der Waals surface area contributed by atoms with E-state index in [-0.39, 0.29) is 29.1 Å². The summed E-state index contributed by atoms with van der Waals surface area (Å²) in [5.74, 6) is -5.48. The van der Waals surface area contributed by atoms with Crippen LogP contribution >= 0.6 is 11.6 Å². The van der Waals surface area contributed by atoms with E-state index in [9.17, 15) is 27.6 Å². The smallest absolute Gasteiger partial charge is 0.253 e. The van der Waals surface area contributed by atoms with Gasteiger partial charge in [-0.05, 0) is 49.4 Å². The highest BCUT2D eigenvalue weighted by Crippen LogP contribution is 2.39. The summed E-state index contributed by atoms with van der Waals surface area (Å²) < 4.78 is 41.5. The second kappa shape index (κ2) is 11.9. The largest absolute Gasteiger partial charge is 0.405 e. The van der Waals surface area contributed by atoms with E-state index in [2.05, 4.69) is 10.4 Å². The molecule has 1 saturated heterocycles. The Bertz CT molecular complexity index is 1300. The lowest BCUT2D eigenvalue weighted by Crippen LogP contribution is -2.57. The van der Waals surface area contributed by atoms with Gasteiger partial charge in [0.05, 0.1) is 0 Å². The Labute approximate surface area is 228 Å². The first-order chi connectivity index (χ1) is 18.6. The van der Waals surface area contributed by atoms with Crippen molar-refractivity contribution in [1.82, 2.24) is 10.3 Å². The molecule has 1 saturated carbocycles. The van der Waals surface area contributed by atoms with Crippen molar-refractivity contribution in [1.29, 1.82) is 0 Å². The van der Waals surface area contributed by atoms with Gasteiger partial charge in [-0.2, -0.15) is 5.10 Å². The zero-order chi connectivity index (χ0) is 28.2. The fourth-order valence-corrected chi connectivity index (χ4v) is 4.96. The van der Waals surface area contributed by atoms with Crippen molar-refractivity contribution < 1.29 is 27.6 Å². The Morgan fingerprint density at radius 3 is 2.62 bits per heavy atom. The van der Waals surface area contributed by atoms with Crippen LogP contribution in [0.3, 0.4) is 0 Å². The summed E-state index contributed by atoms with van der Waals surface area (Å²) >= 11 is 6.46. The molecule has 2 aromatic carbocycles. The molecular formula is C27H27ClF3N5O3. The SMILES string of the molecule is NC=CC=NN1C(=O)CCC[C@H]1C(=O)N(c1cccc(F)c1)[C@H](C(=O)NC1CC(F)(F)C1)c1ccccc1Cl. The fraction of sp³-hybridized carbons (Fsp3) is 0.333. The Balaban J connectivity index is 1.81. The van der Waals surface area contributed by atoms with Gasteiger partial charge in [-0.15, -0.1) is 0 Å².